The fourth-order valence-corrected chi connectivity index (χ4v) is 4.39. The maximum Gasteiger partial charge on any atom is 0.220 e. The number of aromatic nitrogens is 1. The quantitative estimate of drug-likeness (QED) is 0.705. The Labute approximate surface area is 178 Å². The van der Waals surface area contributed by atoms with Crippen molar-refractivity contribution in [1.29, 1.82) is 0 Å². The fraction of sp³-hybridized carbons (Fsp3) is 0.458. The Bertz CT molecular complexity index is 893. The zero-order chi connectivity index (χ0) is 20.9. The molecule has 0 saturated carbocycles. The first-order valence-electron chi connectivity index (χ1n) is 10.9. The molecular formula is C24H30N4O2. The summed E-state index contributed by atoms with van der Waals surface area (Å²) in [6.07, 6.45) is 4.34. The van der Waals surface area contributed by atoms with E-state index in [-0.39, 0.29) is 23.8 Å². The first-order chi connectivity index (χ1) is 14.6. The predicted octanol–water partition coefficient (Wildman–Crippen LogP) is 2.89. The van der Waals surface area contributed by atoms with Gasteiger partial charge in [0.05, 0.1) is 12.1 Å². The molecule has 2 aromatic rings. The molecule has 0 spiro atoms. The van der Waals surface area contributed by atoms with Gasteiger partial charge in [-0.25, -0.2) is 4.98 Å². The Morgan fingerprint density at radius 1 is 1.20 bits per heavy atom. The third kappa shape index (κ3) is 4.87. The van der Waals surface area contributed by atoms with Crippen LogP contribution in [0.4, 0.5) is 5.82 Å². The Morgan fingerprint density at radius 2 is 2.00 bits per heavy atom. The Hall–Kier alpha value is -2.73. The van der Waals surface area contributed by atoms with Crippen molar-refractivity contribution in [2.75, 3.05) is 25.0 Å². The first kappa shape index (κ1) is 20.5. The second-order valence-corrected chi connectivity index (χ2v) is 8.34. The number of fused-ring (bicyclic) bond motifs is 1. The average molecular weight is 407 g/mol. The summed E-state index contributed by atoms with van der Waals surface area (Å²) in [5.74, 6) is 1.23. The van der Waals surface area contributed by atoms with Gasteiger partial charge in [-0.15, -0.1) is 0 Å². The highest BCUT2D eigenvalue weighted by Gasteiger charge is 2.35. The number of aryl methyl sites for hydroxylation is 2. The highest BCUT2D eigenvalue weighted by Crippen LogP contribution is 2.27. The normalized spacial score (nSPS) is 17.4. The van der Waals surface area contributed by atoms with Gasteiger partial charge in [0.2, 0.25) is 5.91 Å². The van der Waals surface area contributed by atoms with E-state index in [1.807, 2.05) is 30.3 Å². The number of benzene rings is 1. The number of carbonyl (C=O) groups is 2. The van der Waals surface area contributed by atoms with E-state index in [1.54, 1.807) is 6.92 Å². The van der Waals surface area contributed by atoms with Crippen LogP contribution in [0.3, 0.4) is 0 Å². The molecule has 0 bridgehead atoms. The molecule has 1 fully saturated rings. The van der Waals surface area contributed by atoms with Crippen molar-refractivity contribution in [3.8, 4) is 0 Å². The Morgan fingerprint density at radius 3 is 2.77 bits per heavy atom. The molecule has 0 aliphatic carbocycles. The number of pyridine rings is 1. The van der Waals surface area contributed by atoms with Crippen molar-refractivity contribution in [1.82, 2.24) is 15.2 Å². The number of nitrogens with zero attached hydrogens (tertiary/aromatic N) is 2. The van der Waals surface area contributed by atoms with Gasteiger partial charge in [-0.3, -0.25) is 14.5 Å². The molecule has 1 unspecified atom stereocenters. The van der Waals surface area contributed by atoms with Crippen LogP contribution in [-0.2, 0) is 22.4 Å². The van der Waals surface area contributed by atoms with Crippen LogP contribution in [0.15, 0.2) is 42.5 Å². The van der Waals surface area contributed by atoms with Gasteiger partial charge in [-0.2, -0.15) is 0 Å². The lowest BCUT2D eigenvalue weighted by atomic mass is 9.96. The number of likely N-dealkylation sites (tertiary alicyclic amines) is 1. The summed E-state index contributed by atoms with van der Waals surface area (Å²) in [6.45, 7) is 4.04. The summed E-state index contributed by atoms with van der Waals surface area (Å²) in [5, 5.41) is 6.46. The van der Waals surface area contributed by atoms with E-state index in [1.165, 1.54) is 5.56 Å². The van der Waals surface area contributed by atoms with Gasteiger partial charge < -0.3 is 10.6 Å². The molecule has 30 heavy (non-hydrogen) atoms. The summed E-state index contributed by atoms with van der Waals surface area (Å²) in [6, 6.07) is 14.0. The number of Topliss-reactive ketones (excluding diaryl/α,β-unsaturated/α-hetero) is 1. The molecule has 4 rings (SSSR count). The van der Waals surface area contributed by atoms with Gasteiger partial charge in [0.25, 0.3) is 0 Å². The van der Waals surface area contributed by atoms with Crippen molar-refractivity contribution in [3.63, 3.8) is 0 Å². The highest BCUT2D eigenvalue weighted by atomic mass is 16.1. The van der Waals surface area contributed by atoms with E-state index in [4.69, 9.17) is 4.98 Å². The van der Waals surface area contributed by atoms with Crippen LogP contribution < -0.4 is 10.6 Å². The van der Waals surface area contributed by atoms with E-state index >= 15 is 0 Å². The number of nitrogens with one attached hydrogen (secondary N) is 2. The molecule has 2 aliphatic heterocycles. The third-order valence-corrected chi connectivity index (χ3v) is 5.93. The Balaban J connectivity index is 1.20. The van der Waals surface area contributed by atoms with Crippen molar-refractivity contribution in [2.45, 2.75) is 51.1 Å². The number of rotatable bonds is 8. The summed E-state index contributed by atoms with van der Waals surface area (Å²) in [4.78, 5) is 31.3. The number of amides is 1. The van der Waals surface area contributed by atoms with Gasteiger partial charge in [0.1, 0.15) is 5.82 Å². The van der Waals surface area contributed by atoms with Gasteiger partial charge in [-0.1, -0.05) is 36.4 Å². The zero-order valence-electron chi connectivity index (χ0n) is 17.6. The van der Waals surface area contributed by atoms with Crippen molar-refractivity contribution in [2.24, 2.45) is 0 Å². The largest absolute Gasteiger partial charge is 0.370 e. The van der Waals surface area contributed by atoms with Gasteiger partial charge in [-0.05, 0) is 49.8 Å². The number of anilines is 1. The van der Waals surface area contributed by atoms with E-state index in [0.717, 1.165) is 49.3 Å². The SMILES string of the molecule is CC(=O)C(c1ccccc1)N1CC(NC(=O)CCCc2ccc3c(n2)NCCC3)C1. The zero-order valence-corrected chi connectivity index (χ0v) is 17.6. The molecule has 1 saturated heterocycles. The lowest BCUT2D eigenvalue weighted by molar-refractivity contribution is -0.126. The van der Waals surface area contributed by atoms with Gasteiger partial charge in [0.15, 0.2) is 5.78 Å². The van der Waals surface area contributed by atoms with Gasteiger partial charge in [0, 0.05) is 31.7 Å². The van der Waals surface area contributed by atoms with Crippen molar-refractivity contribution in [3.05, 3.63) is 59.3 Å². The van der Waals surface area contributed by atoms with Crippen LogP contribution in [0.2, 0.25) is 0 Å². The maximum atomic E-state index is 12.3. The summed E-state index contributed by atoms with van der Waals surface area (Å²) >= 11 is 0. The summed E-state index contributed by atoms with van der Waals surface area (Å²) < 4.78 is 0. The van der Waals surface area contributed by atoms with Crippen molar-refractivity contribution >= 4 is 17.5 Å². The number of carbonyl (C=O) groups excluding carboxylic acids is 2. The maximum absolute atomic E-state index is 12.3. The molecule has 6 heteroatoms. The minimum Gasteiger partial charge on any atom is -0.370 e. The molecule has 2 aliphatic rings. The molecule has 1 aromatic heterocycles. The van der Waals surface area contributed by atoms with E-state index in [9.17, 15) is 9.59 Å². The number of hydrogen-bond acceptors (Lipinski definition) is 5. The number of hydrogen-bond donors (Lipinski definition) is 2. The van der Waals surface area contributed by atoms with Crippen LogP contribution in [0.25, 0.3) is 0 Å². The predicted molar refractivity (Wildman–Crippen MR) is 117 cm³/mol. The van der Waals surface area contributed by atoms with Crippen LogP contribution >= 0.6 is 0 Å². The van der Waals surface area contributed by atoms with Gasteiger partial charge >= 0.3 is 0 Å². The van der Waals surface area contributed by atoms with Crippen LogP contribution in [0.1, 0.15) is 49.0 Å². The first-order valence-corrected chi connectivity index (χ1v) is 10.9. The second kappa shape index (κ2) is 9.39. The molecule has 158 valence electrons. The highest BCUT2D eigenvalue weighted by molar-refractivity contribution is 5.83. The molecule has 1 atom stereocenters. The lowest BCUT2D eigenvalue weighted by Gasteiger charge is -2.43. The minimum absolute atomic E-state index is 0.0785. The van der Waals surface area contributed by atoms with Crippen LogP contribution in [0, 0.1) is 0 Å². The monoisotopic (exact) mass is 406 g/mol. The molecule has 1 aromatic carbocycles. The fourth-order valence-electron chi connectivity index (χ4n) is 4.39. The van der Waals surface area contributed by atoms with E-state index in [2.05, 4.69) is 27.7 Å². The molecule has 2 N–H and O–H groups in total. The number of ketones is 1. The Kier molecular flexibility index (Phi) is 6.43. The molecule has 3 heterocycles. The van der Waals surface area contributed by atoms with E-state index in [0.29, 0.717) is 19.5 Å². The molecular weight excluding hydrogens is 376 g/mol. The minimum atomic E-state index is -0.219. The standard InChI is InChI=1S/C24H30N4O2/c1-17(29)23(18-7-3-2-4-8-18)28-15-21(16-28)26-22(30)11-5-10-20-13-12-19-9-6-14-25-24(19)27-20/h2-4,7-8,12-13,21,23H,5-6,9-11,14-16H2,1H3,(H,25,27)(H,26,30). The smallest absolute Gasteiger partial charge is 0.220 e. The molecule has 0 radical (unpaired) electrons. The summed E-state index contributed by atoms with van der Waals surface area (Å²) in [5.41, 5.74) is 3.34. The second-order valence-electron chi connectivity index (χ2n) is 8.34. The summed E-state index contributed by atoms with van der Waals surface area (Å²) in [7, 11) is 0. The van der Waals surface area contributed by atoms with Crippen LogP contribution in [0.5, 0.6) is 0 Å². The third-order valence-electron chi connectivity index (χ3n) is 5.93. The van der Waals surface area contributed by atoms with E-state index < -0.39 is 0 Å². The molecule has 6 nitrogen and oxygen atoms in total. The molecule has 1 amide bonds. The van der Waals surface area contributed by atoms with Crippen molar-refractivity contribution < 1.29 is 9.59 Å². The lowest BCUT2D eigenvalue weighted by Crippen LogP contribution is -2.60. The topological polar surface area (TPSA) is 74.3 Å². The average Bonchev–Trinajstić information content (AvgIpc) is 2.72. The van der Waals surface area contributed by atoms with Crippen LogP contribution in [-0.4, -0.2) is 47.3 Å².